The Morgan fingerprint density at radius 2 is 1.75 bits per heavy atom. The summed E-state index contributed by atoms with van der Waals surface area (Å²) in [6, 6.07) is 19.6. The number of aromatic amines is 1. The number of aliphatic hydroxyl groups is 1. The zero-order valence-electron chi connectivity index (χ0n) is 20.6. The zero-order valence-corrected chi connectivity index (χ0v) is 20.6. The van der Waals surface area contributed by atoms with E-state index < -0.39 is 17.7 Å². The van der Waals surface area contributed by atoms with Crippen LogP contribution in [0.4, 0.5) is 11.4 Å². The van der Waals surface area contributed by atoms with E-state index in [1.807, 2.05) is 80.5 Å². The summed E-state index contributed by atoms with van der Waals surface area (Å²) >= 11 is 0. The van der Waals surface area contributed by atoms with E-state index in [-0.39, 0.29) is 11.3 Å². The van der Waals surface area contributed by atoms with Crippen molar-refractivity contribution < 1.29 is 19.4 Å². The van der Waals surface area contributed by atoms with Gasteiger partial charge in [0.05, 0.1) is 24.3 Å². The SMILES string of the molecule is COc1ccc(C)cc1/C(O)=C1\C(=O)C(=O)N(c2ccc(N(C)C)cc2)C1c1c[nH]c2ccccc12. The Morgan fingerprint density at radius 3 is 2.44 bits per heavy atom. The number of Topliss-reactive ketones (excluding diaryl/α,β-unsaturated/α-hetero) is 1. The number of aromatic nitrogens is 1. The highest BCUT2D eigenvalue weighted by atomic mass is 16.5. The van der Waals surface area contributed by atoms with Crippen molar-refractivity contribution >= 4 is 39.7 Å². The number of hydrogen-bond acceptors (Lipinski definition) is 5. The fraction of sp³-hybridized carbons (Fsp3) is 0.172. The average molecular weight is 482 g/mol. The highest BCUT2D eigenvalue weighted by Gasteiger charge is 2.48. The summed E-state index contributed by atoms with van der Waals surface area (Å²) in [7, 11) is 5.37. The van der Waals surface area contributed by atoms with Crippen molar-refractivity contribution in [3.8, 4) is 5.75 Å². The van der Waals surface area contributed by atoms with Crippen LogP contribution in [0.25, 0.3) is 16.7 Å². The zero-order chi connectivity index (χ0) is 25.6. The Kier molecular flexibility index (Phi) is 5.76. The van der Waals surface area contributed by atoms with Gasteiger partial charge in [-0.3, -0.25) is 14.5 Å². The molecule has 7 nitrogen and oxygen atoms in total. The van der Waals surface area contributed by atoms with E-state index in [1.54, 1.807) is 18.3 Å². The number of carbonyl (C=O) groups excluding carboxylic acids is 2. The lowest BCUT2D eigenvalue weighted by atomic mass is 9.94. The lowest BCUT2D eigenvalue weighted by Crippen LogP contribution is -2.29. The Labute approximate surface area is 209 Å². The van der Waals surface area contributed by atoms with Crippen LogP contribution in [-0.4, -0.2) is 43.0 Å². The quantitative estimate of drug-likeness (QED) is 0.233. The number of rotatable bonds is 5. The summed E-state index contributed by atoms with van der Waals surface area (Å²) in [5, 5.41) is 12.4. The predicted molar refractivity (Wildman–Crippen MR) is 142 cm³/mol. The van der Waals surface area contributed by atoms with E-state index >= 15 is 0 Å². The topological polar surface area (TPSA) is 85.9 Å². The summed E-state index contributed by atoms with van der Waals surface area (Å²) in [5.74, 6) is -1.30. The van der Waals surface area contributed by atoms with Crippen LogP contribution in [0, 0.1) is 6.92 Å². The lowest BCUT2D eigenvalue weighted by Gasteiger charge is -2.25. The minimum absolute atomic E-state index is 0.0188. The van der Waals surface area contributed by atoms with Crippen molar-refractivity contribution in [2.75, 3.05) is 31.0 Å². The fourth-order valence-electron chi connectivity index (χ4n) is 4.78. The number of ether oxygens (including phenoxy) is 1. The number of aliphatic hydroxyl groups excluding tert-OH is 1. The van der Waals surface area contributed by atoms with Gasteiger partial charge in [-0.1, -0.05) is 29.8 Å². The van der Waals surface area contributed by atoms with Gasteiger partial charge in [0.25, 0.3) is 11.7 Å². The highest BCUT2D eigenvalue weighted by Crippen LogP contribution is 2.45. The number of ketones is 1. The number of amides is 1. The third-order valence-electron chi connectivity index (χ3n) is 6.61. The van der Waals surface area contributed by atoms with Crippen molar-refractivity contribution in [2.24, 2.45) is 0 Å². The molecule has 1 fully saturated rings. The van der Waals surface area contributed by atoms with Gasteiger partial charge in [0, 0.05) is 48.1 Å². The molecule has 2 N–H and O–H groups in total. The number of nitrogens with zero attached hydrogens (tertiary/aromatic N) is 2. The van der Waals surface area contributed by atoms with Gasteiger partial charge in [0.2, 0.25) is 0 Å². The summed E-state index contributed by atoms with van der Waals surface area (Å²) < 4.78 is 5.47. The number of aryl methyl sites for hydroxylation is 1. The van der Waals surface area contributed by atoms with Crippen molar-refractivity contribution in [1.29, 1.82) is 0 Å². The summed E-state index contributed by atoms with van der Waals surface area (Å²) in [6.07, 6.45) is 1.79. The van der Waals surface area contributed by atoms with Gasteiger partial charge in [-0.05, 0) is 49.4 Å². The van der Waals surface area contributed by atoms with Gasteiger partial charge in [-0.25, -0.2) is 0 Å². The number of para-hydroxylation sites is 1. The lowest BCUT2D eigenvalue weighted by molar-refractivity contribution is -0.132. The number of carbonyl (C=O) groups is 2. The van der Waals surface area contributed by atoms with Gasteiger partial charge in [0.15, 0.2) is 0 Å². The highest BCUT2D eigenvalue weighted by molar-refractivity contribution is 6.52. The Hall–Kier alpha value is -4.52. The molecule has 1 aromatic heterocycles. The molecule has 1 unspecified atom stereocenters. The van der Waals surface area contributed by atoms with Crippen LogP contribution in [0.5, 0.6) is 5.75 Å². The molecule has 5 rings (SSSR count). The molecule has 36 heavy (non-hydrogen) atoms. The molecular weight excluding hydrogens is 454 g/mol. The molecule has 1 aliphatic rings. The molecule has 2 heterocycles. The molecule has 3 aromatic carbocycles. The molecule has 0 radical (unpaired) electrons. The second kappa shape index (κ2) is 8.92. The molecule has 0 saturated carbocycles. The molecule has 182 valence electrons. The second-order valence-corrected chi connectivity index (χ2v) is 9.07. The normalized spacial score (nSPS) is 17.1. The molecule has 1 amide bonds. The van der Waals surface area contributed by atoms with Crippen molar-refractivity contribution in [1.82, 2.24) is 4.98 Å². The largest absolute Gasteiger partial charge is 0.507 e. The van der Waals surface area contributed by atoms with Crippen molar-refractivity contribution in [3.63, 3.8) is 0 Å². The maximum atomic E-state index is 13.5. The van der Waals surface area contributed by atoms with Gasteiger partial charge in [-0.2, -0.15) is 0 Å². The predicted octanol–water partition coefficient (Wildman–Crippen LogP) is 5.18. The van der Waals surface area contributed by atoms with E-state index in [9.17, 15) is 14.7 Å². The monoisotopic (exact) mass is 481 g/mol. The molecule has 0 bridgehead atoms. The van der Waals surface area contributed by atoms with E-state index in [2.05, 4.69) is 4.98 Å². The third-order valence-corrected chi connectivity index (χ3v) is 6.61. The van der Waals surface area contributed by atoms with Crippen LogP contribution in [0.2, 0.25) is 0 Å². The first kappa shape index (κ1) is 23.2. The maximum absolute atomic E-state index is 13.5. The summed E-state index contributed by atoms with van der Waals surface area (Å²) in [6.45, 7) is 1.89. The Morgan fingerprint density at radius 1 is 1.03 bits per heavy atom. The minimum Gasteiger partial charge on any atom is -0.507 e. The van der Waals surface area contributed by atoms with Gasteiger partial charge < -0.3 is 19.7 Å². The molecular formula is C29H27N3O4. The van der Waals surface area contributed by atoms with E-state index in [4.69, 9.17) is 4.74 Å². The van der Waals surface area contributed by atoms with E-state index in [0.29, 0.717) is 17.0 Å². The molecule has 1 aliphatic heterocycles. The Bertz CT molecular complexity index is 1520. The summed E-state index contributed by atoms with van der Waals surface area (Å²) in [5.41, 5.74) is 4.38. The number of H-pyrrole nitrogens is 1. The maximum Gasteiger partial charge on any atom is 0.300 e. The average Bonchev–Trinajstić information content (AvgIpc) is 3.42. The number of anilines is 2. The third kappa shape index (κ3) is 3.69. The first-order valence-electron chi connectivity index (χ1n) is 11.6. The molecule has 4 aromatic rings. The first-order valence-corrected chi connectivity index (χ1v) is 11.6. The smallest absolute Gasteiger partial charge is 0.300 e. The number of benzene rings is 3. The standard InChI is InChI=1S/C29H27N3O4/c1-17-9-14-24(36-4)21(15-17)27(33)25-26(22-16-30-23-8-6-5-7-20(22)23)32(29(35)28(25)34)19-12-10-18(11-13-19)31(2)3/h5-16,26,30,33H,1-4H3/b27-25+. The van der Waals surface area contributed by atoms with Crippen LogP contribution in [-0.2, 0) is 9.59 Å². The first-order chi connectivity index (χ1) is 17.3. The van der Waals surface area contributed by atoms with Crippen molar-refractivity contribution in [2.45, 2.75) is 13.0 Å². The van der Waals surface area contributed by atoms with Crippen LogP contribution < -0.4 is 14.5 Å². The number of hydrogen-bond donors (Lipinski definition) is 2. The van der Waals surface area contributed by atoms with Gasteiger partial charge >= 0.3 is 0 Å². The van der Waals surface area contributed by atoms with Crippen LogP contribution >= 0.6 is 0 Å². The van der Waals surface area contributed by atoms with Gasteiger partial charge in [-0.15, -0.1) is 0 Å². The number of methoxy groups -OCH3 is 1. The van der Waals surface area contributed by atoms with E-state index in [1.165, 1.54) is 12.0 Å². The van der Waals surface area contributed by atoms with E-state index in [0.717, 1.165) is 27.7 Å². The summed E-state index contributed by atoms with van der Waals surface area (Å²) in [4.78, 5) is 33.7. The molecule has 7 heteroatoms. The fourth-order valence-corrected chi connectivity index (χ4v) is 4.78. The molecule has 1 atom stereocenters. The minimum atomic E-state index is -0.837. The van der Waals surface area contributed by atoms with Gasteiger partial charge in [0.1, 0.15) is 11.5 Å². The molecule has 1 saturated heterocycles. The second-order valence-electron chi connectivity index (χ2n) is 9.07. The molecule has 0 aliphatic carbocycles. The van der Waals surface area contributed by atoms with Crippen LogP contribution in [0.1, 0.15) is 22.7 Å². The molecule has 0 spiro atoms. The van der Waals surface area contributed by atoms with Crippen LogP contribution in [0.3, 0.4) is 0 Å². The number of nitrogens with one attached hydrogen (secondary N) is 1. The van der Waals surface area contributed by atoms with Crippen molar-refractivity contribution in [3.05, 3.63) is 95.2 Å². The Balaban J connectivity index is 1.77. The van der Waals surface area contributed by atoms with Crippen LogP contribution in [0.15, 0.2) is 78.5 Å². The number of fused-ring (bicyclic) bond motifs is 1.